The van der Waals surface area contributed by atoms with Crippen LogP contribution in [0.3, 0.4) is 0 Å². The molecule has 1 aromatic heterocycles. The van der Waals surface area contributed by atoms with Gasteiger partial charge in [0.1, 0.15) is 5.82 Å². The van der Waals surface area contributed by atoms with Crippen LogP contribution >= 0.6 is 11.6 Å². The Kier molecular flexibility index (Phi) is 4.47. The molecule has 104 valence electrons. The van der Waals surface area contributed by atoms with E-state index in [0.29, 0.717) is 23.7 Å². The van der Waals surface area contributed by atoms with Crippen molar-refractivity contribution < 1.29 is 9.18 Å². The number of carbonyl (C=O) groups is 1. The van der Waals surface area contributed by atoms with Gasteiger partial charge in [-0.1, -0.05) is 18.5 Å². The Bertz CT molecular complexity index is 618. The zero-order valence-corrected chi connectivity index (χ0v) is 11.4. The van der Waals surface area contributed by atoms with E-state index < -0.39 is 5.82 Å². The normalized spacial score (nSPS) is 10.2. The van der Waals surface area contributed by atoms with Crippen molar-refractivity contribution >= 4 is 34.8 Å². The highest BCUT2D eigenvalue weighted by atomic mass is 35.5. The zero-order chi connectivity index (χ0) is 14.5. The number of nitrogens with zero attached hydrogens (tertiary/aromatic N) is 2. The molecule has 0 bridgehead atoms. The van der Waals surface area contributed by atoms with Gasteiger partial charge in [-0.15, -0.1) is 10.2 Å². The first kappa shape index (κ1) is 14.2. The topological polar surface area (TPSA) is 66.9 Å². The second-order valence-electron chi connectivity index (χ2n) is 3.96. The van der Waals surface area contributed by atoms with Gasteiger partial charge in [0.05, 0.1) is 5.02 Å². The molecule has 1 aromatic carbocycles. The van der Waals surface area contributed by atoms with Crippen molar-refractivity contribution in [2.24, 2.45) is 0 Å². The second-order valence-corrected chi connectivity index (χ2v) is 4.37. The number of hydrogen-bond acceptors (Lipinski definition) is 4. The number of nitrogens with one attached hydrogen (secondary N) is 2. The van der Waals surface area contributed by atoms with Crippen LogP contribution in [-0.4, -0.2) is 16.1 Å². The third-order valence-corrected chi connectivity index (χ3v) is 2.73. The fourth-order valence-corrected chi connectivity index (χ4v) is 1.60. The molecule has 0 aliphatic heterocycles. The molecule has 0 atom stereocenters. The van der Waals surface area contributed by atoms with E-state index in [1.165, 1.54) is 18.2 Å². The van der Waals surface area contributed by atoms with Crippen LogP contribution in [0.1, 0.15) is 13.3 Å². The highest BCUT2D eigenvalue weighted by molar-refractivity contribution is 6.31. The fraction of sp³-hybridized carbons (Fsp3) is 0.154. The van der Waals surface area contributed by atoms with Gasteiger partial charge < -0.3 is 10.6 Å². The van der Waals surface area contributed by atoms with Crippen LogP contribution in [-0.2, 0) is 4.79 Å². The summed E-state index contributed by atoms with van der Waals surface area (Å²) in [4.78, 5) is 11.2. The van der Waals surface area contributed by atoms with Crippen LogP contribution in [0, 0.1) is 5.82 Å². The predicted molar refractivity (Wildman–Crippen MR) is 75.6 cm³/mol. The van der Waals surface area contributed by atoms with Gasteiger partial charge >= 0.3 is 0 Å². The van der Waals surface area contributed by atoms with Crippen molar-refractivity contribution in [2.75, 3.05) is 10.6 Å². The summed E-state index contributed by atoms with van der Waals surface area (Å²) in [6.45, 7) is 1.75. The minimum Gasteiger partial charge on any atom is -0.339 e. The number of halogens is 2. The van der Waals surface area contributed by atoms with Crippen molar-refractivity contribution in [1.82, 2.24) is 10.2 Å². The van der Waals surface area contributed by atoms with Crippen LogP contribution < -0.4 is 10.6 Å². The number of aromatic nitrogens is 2. The zero-order valence-electron chi connectivity index (χ0n) is 10.7. The molecule has 1 amide bonds. The number of rotatable bonds is 4. The van der Waals surface area contributed by atoms with Crippen LogP contribution in [0.15, 0.2) is 30.3 Å². The van der Waals surface area contributed by atoms with E-state index in [1.807, 2.05) is 0 Å². The second kappa shape index (κ2) is 6.29. The summed E-state index contributed by atoms with van der Waals surface area (Å²) < 4.78 is 13.0. The van der Waals surface area contributed by atoms with E-state index >= 15 is 0 Å². The number of amides is 1. The Hall–Kier alpha value is -2.21. The molecule has 7 heteroatoms. The molecule has 0 spiro atoms. The van der Waals surface area contributed by atoms with Crippen LogP contribution in [0.25, 0.3) is 0 Å². The van der Waals surface area contributed by atoms with Crippen LogP contribution in [0.5, 0.6) is 0 Å². The fourth-order valence-electron chi connectivity index (χ4n) is 1.42. The Morgan fingerprint density at radius 1 is 1.25 bits per heavy atom. The molecule has 0 radical (unpaired) electrons. The smallest absolute Gasteiger partial charge is 0.225 e. The van der Waals surface area contributed by atoms with Crippen LogP contribution in [0.4, 0.5) is 21.7 Å². The summed E-state index contributed by atoms with van der Waals surface area (Å²) in [7, 11) is 0. The predicted octanol–water partition coefficient (Wildman–Crippen LogP) is 3.36. The maximum Gasteiger partial charge on any atom is 0.225 e. The van der Waals surface area contributed by atoms with Crippen molar-refractivity contribution in [3.8, 4) is 0 Å². The molecule has 20 heavy (non-hydrogen) atoms. The summed E-state index contributed by atoms with van der Waals surface area (Å²) in [5.74, 6) is 0.216. The Morgan fingerprint density at radius 2 is 1.95 bits per heavy atom. The molecule has 2 aromatic rings. The van der Waals surface area contributed by atoms with Gasteiger partial charge in [0, 0.05) is 12.1 Å². The maximum atomic E-state index is 13.0. The lowest BCUT2D eigenvalue weighted by Crippen LogP contribution is -2.11. The Labute approximate surface area is 120 Å². The molecule has 5 nitrogen and oxygen atoms in total. The standard InChI is InChI=1S/C13H12ClFN4O/c1-2-13(20)17-12-6-5-11(18-19-12)16-8-3-4-10(15)9(14)7-8/h3-7H,2H2,1H3,(H,16,18)(H,17,19,20). The summed E-state index contributed by atoms with van der Waals surface area (Å²) in [5.41, 5.74) is 0.594. The minimum absolute atomic E-state index is 0.0230. The Balaban J connectivity index is 2.06. The number of anilines is 3. The highest BCUT2D eigenvalue weighted by Crippen LogP contribution is 2.21. The molecular weight excluding hydrogens is 283 g/mol. The third-order valence-electron chi connectivity index (χ3n) is 2.45. The molecular formula is C13H12ClFN4O. The van der Waals surface area contributed by atoms with Crippen molar-refractivity contribution in [3.05, 3.63) is 41.2 Å². The first-order chi connectivity index (χ1) is 9.58. The number of carbonyl (C=O) groups excluding carboxylic acids is 1. The average molecular weight is 295 g/mol. The van der Waals surface area contributed by atoms with E-state index in [1.54, 1.807) is 19.1 Å². The summed E-state index contributed by atoms with van der Waals surface area (Å²) in [6.07, 6.45) is 0.371. The molecule has 0 fully saturated rings. The van der Waals surface area contributed by atoms with E-state index in [2.05, 4.69) is 20.8 Å². The van der Waals surface area contributed by atoms with Gasteiger partial charge in [-0.25, -0.2) is 4.39 Å². The quantitative estimate of drug-likeness (QED) is 0.907. The van der Waals surface area contributed by atoms with Crippen molar-refractivity contribution in [2.45, 2.75) is 13.3 Å². The lowest BCUT2D eigenvalue weighted by Gasteiger charge is -2.06. The van der Waals surface area contributed by atoms with E-state index in [-0.39, 0.29) is 10.9 Å². The third kappa shape index (κ3) is 3.64. The number of benzene rings is 1. The summed E-state index contributed by atoms with van der Waals surface area (Å²) in [5, 5.41) is 13.3. The number of hydrogen-bond donors (Lipinski definition) is 2. The van der Waals surface area contributed by atoms with Gasteiger partial charge in [0.15, 0.2) is 11.6 Å². The average Bonchev–Trinajstić information content (AvgIpc) is 2.45. The lowest BCUT2D eigenvalue weighted by atomic mass is 10.3. The van der Waals surface area contributed by atoms with E-state index in [4.69, 9.17) is 11.6 Å². The Morgan fingerprint density at radius 3 is 2.55 bits per heavy atom. The maximum absolute atomic E-state index is 13.0. The monoisotopic (exact) mass is 294 g/mol. The van der Waals surface area contributed by atoms with Gasteiger partial charge in [0.25, 0.3) is 0 Å². The van der Waals surface area contributed by atoms with Gasteiger partial charge in [-0.05, 0) is 30.3 Å². The molecule has 0 saturated carbocycles. The molecule has 0 unspecified atom stereocenters. The van der Waals surface area contributed by atoms with Crippen molar-refractivity contribution in [3.63, 3.8) is 0 Å². The van der Waals surface area contributed by atoms with Crippen molar-refractivity contribution in [1.29, 1.82) is 0 Å². The van der Waals surface area contributed by atoms with E-state index in [9.17, 15) is 9.18 Å². The SMILES string of the molecule is CCC(=O)Nc1ccc(Nc2ccc(F)c(Cl)c2)nn1. The van der Waals surface area contributed by atoms with Gasteiger partial charge in [0.2, 0.25) is 5.91 Å². The first-order valence-electron chi connectivity index (χ1n) is 5.94. The largest absolute Gasteiger partial charge is 0.339 e. The summed E-state index contributed by atoms with van der Waals surface area (Å²) in [6, 6.07) is 7.51. The minimum atomic E-state index is -0.485. The van der Waals surface area contributed by atoms with Gasteiger partial charge in [-0.3, -0.25) is 4.79 Å². The molecule has 0 aliphatic rings. The molecule has 2 rings (SSSR count). The first-order valence-corrected chi connectivity index (χ1v) is 6.32. The molecule has 1 heterocycles. The lowest BCUT2D eigenvalue weighted by molar-refractivity contribution is -0.115. The van der Waals surface area contributed by atoms with Gasteiger partial charge in [-0.2, -0.15) is 0 Å². The van der Waals surface area contributed by atoms with E-state index in [0.717, 1.165) is 0 Å². The summed E-state index contributed by atoms with van der Waals surface area (Å²) >= 11 is 5.68. The highest BCUT2D eigenvalue weighted by Gasteiger charge is 2.04. The van der Waals surface area contributed by atoms with Crippen LogP contribution in [0.2, 0.25) is 5.02 Å². The molecule has 0 aliphatic carbocycles. The molecule has 0 saturated heterocycles. The molecule has 2 N–H and O–H groups in total.